The van der Waals surface area contributed by atoms with Crippen LogP contribution in [0.1, 0.15) is 24.3 Å². The van der Waals surface area contributed by atoms with Gasteiger partial charge in [0.1, 0.15) is 0 Å². The average Bonchev–Trinajstić information content (AvgIpc) is 2.68. The molecule has 0 saturated heterocycles. The van der Waals surface area contributed by atoms with Gasteiger partial charge in [0.15, 0.2) is 0 Å². The fraction of sp³-hybridized carbons (Fsp3) is 0.286. The second kappa shape index (κ2) is 4.03. The highest BCUT2D eigenvalue weighted by molar-refractivity contribution is 5.31. The molecule has 0 heterocycles. The Morgan fingerprint density at radius 1 is 1.33 bits per heavy atom. The zero-order chi connectivity index (χ0) is 10.7. The minimum Gasteiger partial charge on any atom is -0.385 e. The molecule has 0 amide bonds. The van der Waals surface area contributed by atoms with E-state index in [0.717, 1.165) is 18.4 Å². The summed E-state index contributed by atoms with van der Waals surface area (Å²) >= 11 is 0. The maximum atomic E-state index is 10.4. The van der Waals surface area contributed by atoms with Gasteiger partial charge >= 0.3 is 0 Å². The van der Waals surface area contributed by atoms with Crippen molar-refractivity contribution in [1.82, 2.24) is 0 Å². The first-order chi connectivity index (χ1) is 7.26. The minimum absolute atomic E-state index is 0.00236. The highest BCUT2D eigenvalue weighted by Gasteiger charge is 2.34. The van der Waals surface area contributed by atoms with Gasteiger partial charge in [-0.3, -0.25) is 0 Å². The van der Waals surface area contributed by atoms with Crippen molar-refractivity contribution in [3.63, 3.8) is 0 Å². The molecule has 1 aromatic carbocycles. The van der Waals surface area contributed by atoms with Crippen LogP contribution in [0.4, 0.5) is 0 Å². The van der Waals surface area contributed by atoms with Crippen molar-refractivity contribution < 1.29 is 5.11 Å². The first-order valence-corrected chi connectivity index (χ1v) is 5.34. The molecule has 0 aliphatic heterocycles. The molecular formula is C14H16O. The molecule has 1 aromatic rings. The van der Waals surface area contributed by atoms with E-state index in [1.54, 1.807) is 0 Å². The van der Waals surface area contributed by atoms with E-state index in [1.165, 1.54) is 0 Å². The van der Waals surface area contributed by atoms with Gasteiger partial charge < -0.3 is 5.11 Å². The number of hydrogen-bond acceptors (Lipinski definition) is 1. The summed E-state index contributed by atoms with van der Waals surface area (Å²) in [4.78, 5) is 0. The molecule has 0 spiro atoms. The predicted octanol–water partition coefficient (Wildman–Crippen LogP) is 3.04. The summed E-state index contributed by atoms with van der Waals surface area (Å²) in [5, 5.41) is 10.4. The third-order valence-corrected chi connectivity index (χ3v) is 3.05. The lowest BCUT2D eigenvalue weighted by Gasteiger charge is -2.29. The van der Waals surface area contributed by atoms with Crippen molar-refractivity contribution in [3.8, 4) is 0 Å². The van der Waals surface area contributed by atoms with Gasteiger partial charge in [-0.1, -0.05) is 48.6 Å². The van der Waals surface area contributed by atoms with E-state index in [0.29, 0.717) is 0 Å². The lowest BCUT2D eigenvalue weighted by atomic mass is 9.82. The Morgan fingerprint density at radius 3 is 2.60 bits per heavy atom. The third kappa shape index (κ3) is 1.88. The summed E-state index contributed by atoms with van der Waals surface area (Å²) in [6, 6.07) is 10.0. The van der Waals surface area contributed by atoms with Gasteiger partial charge in [-0.25, -0.2) is 0 Å². The first-order valence-electron chi connectivity index (χ1n) is 5.34. The molecule has 15 heavy (non-hydrogen) atoms. The van der Waals surface area contributed by atoms with Crippen molar-refractivity contribution in [2.75, 3.05) is 0 Å². The van der Waals surface area contributed by atoms with E-state index in [9.17, 15) is 5.11 Å². The highest BCUT2D eigenvalue weighted by Crippen LogP contribution is 2.37. The standard InChI is InChI=1S/C14H16O/c1-2-13(12-8-4-3-5-9-12)14(15)10-6-7-11-14/h2-6,8-10,13,15H,1,7,11H2. The summed E-state index contributed by atoms with van der Waals surface area (Å²) < 4.78 is 0. The van der Waals surface area contributed by atoms with Crippen LogP contribution < -0.4 is 0 Å². The van der Waals surface area contributed by atoms with Crippen LogP contribution in [0.15, 0.2) is 55.1 Å². The summed E-state index contributed by atoms with van der Waals surface area (Å²) in [5.74, 6) is -0.00236. The summed E-state index contributed by atoms with van der Waals surface area (Å²) in [7, 11) is 0. The van der Waals surface area contributed by atoms with Crippen LogP contribution in [0.2, 0.25) is 0 Å². The Morgan fingerprint density at radius 2 is 2.07 bits per heavy atom. The Kier molecular flexibility index (Phi) is 2.74. The van der Waals surface area contributed by atoms with Gasteiger partial charge in [0.05, 0.1) is 5.60 Å². The maximum absolute atomic E-state index is 10.4. The molecular weight excluding hydrogens is 184 g/mol. The highest BCUT2D eigenvalue weighted by atomic mass is 16.3. The summed E-state index contributed by atoms with van der Waals surface area (Å²) in [5.41, 5.74) is 0.393. The molecule has 1 heteroatoms. The normalized spacial score (nSPS) is 26.5. The van der Waals surface area contributed by atoms with Crippen molar-refractivity contribution in [3.05, 3.63) is 60.7 Å². The molecule has 2 atom stereocenters. The van der Waals surface area contributed by atoms with Crippen LogP contribution in [0, 0.1) is 0 Å². The molecule has 0 radical (unpaired) electrons. The molecule has 0 fully saturated rings. The van der Waals surface area contributed by atoms with E-state index in [-0.39, 0.29) is 5.92 Å². The second-order valence-corrected chi connectivity index (χ2v) is 4.06. The van der Waals surface area contributed by atoms with Crippen molar-refractivity contribution in [2.45, 2.75) is 24.4 Å². The smallest absolute Gasteiger partial charge is 0.0933 e. The molecule has 0 aromatic heterocycles. The second-order valence-electron chi connectivity index (χ2n) is 4.06. The van der Waals surface area contributed by atoms with E-state index >= 15 is 0 Å². The number of benzene rings is 1. The maximum Gasteiger partial charge on any atom is 0.0933 e. The number of hydrogen-bond donors (Lipinski definition) is 1. The van der Waals surface area contributed by atoms with E-state index in [2.05, 4.69) is 6.58 Å². The van der Waals surface area contributed by atoms with Crippen molar-refractivity contribution in [1.29, 1.82) is 0 Å². The molecule has 1 nitrogen and oxygen atoms in total. The molecule has 2 unspecified atom stereocenters. The van der Waals surface area contributed by atoms with Gasteiger partial charge in [0.2, 0.25) is 0 Å². The van der Waals surface area contributed by atoms with Crippen LogP contribution in [0.5, 0.6) is 0 Å². The molecule has 0 saturated carbocycles. The molecule has 1 aliphatic carbocycles. The molecule has 0 bridgehead atoms. The number of rotatable bonds is 3. The first kappa shape index (κ1) is 10.2. The lowest BCUT2D eigenvalue weighted by molar-refractivity contribution is 0.0758. The zero-order valence-corrected chi connectivity index (χ0v) is 8.76. The van der Waals surface area contributed by atoms with Crippen molar-refractivity contribution >= 4 is 0 Å². The zero-order valence-electron chi connectivity index (χ0n) is 8.76. The van der Waals surface area contributed by atoms with Gasteiger partial charge in [-0.15, -0.1) is 6.58 Å². The molecule has 78 valence electrons. The van der Waals surface area contributed by atoms with Gasteiger partial charge in [-0.05, 0) is 18.4 Å². The number of aliphatic hydroxyl groups is 1. The third-order valence-electron chi connectivity index (χ3n) is 3.05. The van der Waals surface area contributed by atoms with Gasteiger partial charge in [0, 0.05) is 5.92 Å². The minimum atomic E-state index is -0.733. The fourth-order valence-electron chi connectivity index (χ4n) is 2.23. The topological polar surface area (TPSA) is 20.2 Å². The average molecular weight is 200 g/mol. The Balaban J connectivity index is 2.32. The SMILES string of the molecule is C=CC(c1ccccc1)C1(O)C=CCC1. The van der Waals surface area contributed by atoms with Crippen LogP contribution in [-0.4, -0.2) is 10.7 Å². The Labute approximate surface area is 90.8 Å². The monoisotopic (exact) mass is 200 g/mol. The van der Waals surface area contributed by atoms with Crippen LogP contribution in [0.25, 0.3) is 0 Å². The summed E-state index contributed by atoms with van der Waals surface area (Å²) in [6.07, 6.45) is 7.53. The van der Waals surface area contributed by atoms with E-state index < -0.39 is 5.60 Å². The summed E-state index contributed by atoms with van der Waals surface area (Å²) in [6.45, 7) is 3.83. The van der Waals surface area contributed by atoms with E-state index in [1.807, 2.05) is 48.6 Å². The Hall–Kier alpha value is -1.34. The molecule has 2 rings (SSSR count). The van der Waals surface area contributed by atoms with Crippen LogP contribution >= 0.6 is 0 Å². The van der Waals surface area contributed by atoms with E-state index in [4.69, 9.17) is 0 Å². The predicted molar refractivity (Wildman–Crippen MR) is 62.7 cm³/mol. The van der Waals surface area contributed by atoms with Crippen molar-refractivity contribution in [2.24, 2.45) is 0 Å². The van der Waals surface area contributed by atoms with Crippen LogP contribution in [0.3, 0.4) is 0 Å². The Bertz CT molecular complexity index is 366. The largest absolute Gasteiger partial charge is 0.385 e. The fourth-order valence-corrected chi connectivity index (χ4v) is 2.23. The molecule has 1 aliphatic rings. The lowest BCUT2D eigenvalue weighted by Crippen LogP contribution is -2.30. The molecule has 1 N–H and O–H groups in total. The number of allylic oxidation sites excluding steroid dienone is 1. The van der Waals surface area contributed by atoms with Crippen LogP contribution in [-0.2, 0) is 0 Å². The van der Waals surface area contributed by atoms with Gasteiger partial charge in [-0.2, -0.15) is 0 Å². The quantitative estimate of drug-likeness (QED) is 0.743. The van der Waals surface area contributed by atoms with Gasteiger partial charge in [0.25, 0.3) is 0 Å².